The first-order chi connectivity index (χ1) is 12.7. The minimum absolute atomic E-state index is 0.0627. The molecule has 0 radical (unpaired) electrons. The summed E-state index contributed by atoms with van der Waals surface area (Å²) in [6, 6.07) is 20.1. The number of hydrogen-bond acceptors (Lipinski definition) is 2. The van der Waals surface area contributed by atoms with Gasteiger partial charge >= 0.3 is 0 Å². The molecule has 1 unspecified atom stereocenters. The average Bonchev–Trinajstić information content (AvgIpc) is 3.03. The van der Waals surface area contributed by atoms with Gasteiger partial charge in [-0.25, -0.2) is 4.98 Å². The number of fused-ring (bicyclic) bond motifs is 1. The van der Waals surface area contributed by atoms with Gasteiger partial charge in [0.1, 0.15) is 5.82 Å². The first-order valence-electron chi connectivity index (χ1n) is 9.13. The van der Waals surface area contributed by atoms with Gasteiger partial charge in [-0.1, -0.05) is 60.7 Å². The third-order valence-electron chi connectivity index (χ3n) is 4.99. The van der Waals surface area contributed by atoms with Crippen molar-refractivity contribution in [3.8, 4) is 0 Å². The summed E-state index contributed by atoms with van der Waals surface area (Å²) in [4.78, 5) is 17.7. The van der Waals surface area contributed by atoms with Crippen molar-refractivity contribution in [3.63, 3.8) is 0 Å². The normalized spacial score (nSPS) is 16.3. The Morgan fingerprint density at radius 3 is 2.31 bits per heavy atom. The van der Waals surface area contributed by atoms with E-state index in [9.17, 15) is 4.79 Å². The molecule has 0 saturated carbocycles. The lowest BCUT2D eigenvalue weighted by Gasteiger charge is -2.27. The molecule has 4 heteroatoms. The van der Waals surface area contributed by atoms with E-state index in [0.29, 0.717) is 0 Å². The zero-order chi connectivity index (χ0) is 17.9. The lowest BCUT2D eigenvalue weighted by molar-refractivity contribution is -0.122. The van der Waals surface area contributed by atoms with Crippen molar-refractivity contribution < 1.29 is 4.79 Å². The van der Waals surface area contributed by atoms with E-state index in [1.165, 1.54) is 0 Å². The van der Waals surface area contributed by atoms with Crippen LogP contribution in [0.5, 0.6) is 0 Å². The van der Waals surface area contributed by atoms with Crippen molar-refractivity contribution in [1.29, 1.82) is 0 Å². The second-order valence-corrected chi connectivity index (χ2v) is 6.95. The minimum Gasteiger partial charge on any atom is -0.351 e. The fourth-order valence-electron chi connectivity index (χ4n) is 3.77. The molecule has 2 heterocycles. The highest BCUT2D eigenvalue weighted by molar-refractivity contribution is 5.87. The standard InChI is InChI=1S/C22H23N3O/c1-16-14-25-15-19(12-13-20(25)23-16)24-22(26)21(17-8-4-2-5-9-17)18-10-6-3-7-11-18/h2-11,14,19,21H,12-13,15H2,1H3,(H,24,26). The van der Waals surface area contributed by atoms with Crippen molar-refractivity contribution in [2.24, 2.45) is 0 Å². The van der Waals surface area contributed by atoms with Crippen LogP contribution in [0.15, 0.2) is 66.9 Å². The largest absolute Gasteiger partial charge is 0.351 e. The van der Waals surface area contributed by atoms with E-state index in [4.69, 9.17) is 0 Å². The minimum atomic E-state index is -0.289. The SMILES string of the molecule is Cc1cn2c(n1)CCC(NC(=O)C(c1ccccc1)c1ccccc1)C2. The van der Waals surface area contributed by atoms with Crippen LogP contribution in [0.4, 0.5) is 0 Å². The predicted molar refractivity (Wildman–Crippen MR) is 102 cm³/mol. The zero-order valence-electron chi connectivity index (χ0n) is 14.9. The van der Waals surface area contributed by atoms with Gasteiger partial charge in [0.05, 0.1) is 11.6 Å². The third kappa shape index (κ3) is 3.40. The van der Waals surface area contributed by atoms with Crippen LogP contribution in [0.2, 0.25) is 0 Å². The fourth-order valence-corrected chi connectivity index (χ4v) is 3.77. The number of carbonyl (C=O) groups excluding carboxylic acids is 1. The van der Waals surface area contributed by atoms with Crippen molar-refractivity contribution >= 4 is 5.91 Å². The van der Waals surface area contributed by atoms with Gasteiger partial charge in [0.2, 0.25) is 5.91 Å². The Morgan fingerprint density at radius 2 is 1.69 bits per heavy atom. The molecule has 1 atom stereocenters. The highest BCUT2D eigenvalue weighted by Crippen LogP contribution is 2.25. The van der Waals surface area contributed by atoms with Gasteiger partial charge in [0.15, 0.2) is 0 Å². The van der Waals surface area contributed by atoms with E-state index in [-0.39, 0.29) is 17.9 Å². The Hall–Kier alpha value is -2.88. The van der Waals surface area contributed by atoms with Gasteiger partial charge in [-0.3, -0.25) is 4.79 Å². The van der Waals surface area contributed by atoms with Gasteiger partial charge in [-0.2, -0.15) is 0 Å². The van der Waals surface area contributed by atoms with E-state index in [0.717, 1.165) is 42.0 Å². The second kappa shape index (κ2) is 7.16. The van der Waals surface area contributed by atoms with E-state index < -0.39 is 0 Å². The van der Waals surface area contributed by atoms with Crippen molar-refractivity contribution in [2.45, 2.75) is 38.3 Å². The Labute approximate surface area is 153 Å². The summed E-state index contributed by atoms with van der Waals surface area (Å²) in [6.07, 6.45) is 3.90. The van der Waals surface area contributed by atoms with E-state index in [1.54, 1.807) is 0 Å². The molecule has 1 aliphatic heterocycles. The average molecular weight is 345 g/mol. The highest BCUT2D eigenvalue weighted by Gasteiger charge is 2.27. The molecule has 4 rings (SSSR count). The van der Waals surface area contributed by atoms with Crippen LogP contribution in [0.25, 0.3) is 0 Å². The lowest BCUT2D eigenvalue weighted by Crippen LogP contribution is -2.43. The summed E-state index contributed by atoms with van der Waals surface area (Å²) in [5.41, 5.74) is 3.08. The zero-order valence-corrected chi connectivity index (χ0v) is 14.9. The number of nitrogens with one attached hydrogen (secondary N) is 1. The number of aromatic nitrogens is 2. The van der Waals surface area contributed by atoms with Crippen LogP contribution < -0.4 is 5.32 Å². The summed E-state index contributed by atoms with van der Waals surface area (Å²) in [7, 11) is 0. The smallest absolute Gasteiger partial charge is 0.232 e. The van der Waals surface area contributed by atoms with Gasteiger partial charge < -0.3 is 9.88 Å². The third-order valence-corrected chi connectivity index (χ3v) is 4.99. The predicted octanol–water partition coefficient (Wildman–Crippen LogP) is 3.45. The maximum Gasteiger partial charge on any atom is 0.232 e. The summed E-state index contributed by atoms with van der Waals surface area (Å²) in [5, 5.41) is 3.28. The molecule has 1 aliphatic rings. The Kier molecular flexibility index (Phi) is 4.57. The topological polar surface area (TPSA) is 46.9 Å². The van der Waals surface area contributed by atoms with Gasteiger partial charge in [0.25, 0.3) is 0 Å². The molecule has 0 saturated heterocycles. The number of hydrogen-bond donors (Lipinski definition) is 1. The van der Waals surface area contributed by atoms with E-state index >= 15 is 0 Å². The quantitative estimate of drug-likeness (QED) is 0.787. The molecule has 0 aliphatic carbocycles. The second-order valence-electron chi connectivity index (χ2n) is 6.95. The Balaban J connectivity index is 1.56. The van der Waals surface area contributed by atoms with Crippen molar-refractivity contribution in [1.82, 2.24) is 14.9 Å². The molecule has 2 aromatic carbocycles. The Bertz CT molecular complexity index is 847. The number of amides is 1. The van der Waals surface area contributed by atoms with Crippen molar-refractivity contribution in [2.75, 3.05) is 0 Å². The van der Waals surface area contributed by atoms with Gasteiger partial charge in [-0.15, -0.1) is 0 Å². The molecule has 0 spiro atoms. The summed E-state index contributed by atoms with van der Waals surface area (Å²) in [6.45, 7) is 2.80. The first kappa shape index (κ1) is 16.6. The van der Waals surface area contributed by atoms with Crippen LogP contribution in [0.3, 0.4) is 0 Å². The molecule has 26 heavy (non-hydrogen) atoms. The summed E-state index contributed by atoms with van der Waals surface area (Å²) in [5.74, 6) is 0.895. The van der Waals surface area contributed by atoms with Crippen LogP contribution in [-0.2, 0) is 17.8 Å². The first-order valence-corrected chi connectivity index (χ1v) is 9.13. The molecule has 3 aromatic rings. The van der Waals surface area contributed by atoms with E-state index in [2.05, 4.69) is 21.1 Å². The van der Waals surface area contributed by atoms with Crippen LogP contribution in [0.1, 0.15) is 35.0 Å². The molecule has 1 amide bonds. The molecule has 132 valence electrons. The van der Waals surface area contributed by atoms with Gasteiger partial charge in [0, 0.05) is 25.2 Å². The molecule has 0 fully saturated rings. The highest BCUT2D eigenvalue weighted by atomic mass is 16.2. The van der Waals surface area contributed by atoms with E-state index in [1.807, 2.05) is 67.6 Å². The van der Waals surface area contributed by atoms with Crippen LogP contribution in [-0.4, -0.2) is 21.5 Å². The maximum absolute atomic E-state index is 13.2. The van der Waals surface area contributed by atoms with Crippen LogP contribution in [0, 0.1) is 6.92 Å². The molecule has 1 aromatic heterocycles. The van der Waals surface area contributed by atoms with Crippen molar-refractivity contribution in [3.05, 3.63) is 89.5 Å². The monoisotopic (exact) mass is 345 g/mol. The number of carbonyl (C=O) groups is 1. The number of imidazole rings is 1. The summed E-state index contributed by atoms with van der Waals surface area (Å²) >= 11 is 0. The molecule has 0 bridgehead atoms. The van der Waals surface area contributed by atoms with Crippen LogP contribution >= 0.6 is 0 Å². The molecule has 4 nitrogen and oxygen atoms in total. The Morgan fingerprint density at radius 1 is 1.08 bits per heavy atom. The molecule has 1 N–H and O–H groups in total. The molecular weight excluding hydrogens is 322 g/mol. The lowest BCUT2D eigenvalue weighted by atomic mass is 9.90. The number of benzene rings is 2. The number of rotatable bonds is 4. The maximum atomic E-state index is 13.2. The molecular formula is C22H23N3O. The van der Waals surface area contributed by atoms with Gasteiger partial charge in [-0.05, 0) is 24.5 Å². The fraction of sp³-hybridized carbons (Fsp3) is 0.273. The summed E-state index contributed by atoms with van der Waals surface area (Å²) < 4.78 is 2.17. The number of aryl methyl sites for hydroxylation is 2. The number of nitrogens with zero attached hydrogens (tertiary/aromatic N) is 2.